The Kier molecular flexibility index (Phi) is 4.38. The van der Waals surface area contributed by atoms with Gasteiger partial charge >= 0.3 is 0 Å². The number of ether oxygens (including phenoxy) is 1. The molecule has 18 heavy (non-hydrogen) atoms. The number of aromatic nitrogens is 1. The van der Waals surface area contributed by atoms with Crippen LogP contribution >= 0.6 is 11.3 Å². The molecule has 5 heteroatoms. The molecule has 0 saturated heterocycles. The minimum absolute atomic E-state index is 0.678. The molecule has 2 rings (SSSR count). The van der Waals surface area contributed by atoms with Gasteiger partial charge in [-0.1, -0.05) is 25.2 Å². The number of nitrogens with two attached hydrogens (primary N) is 1. The van der Waals surface area contributed by atoms with Gasteiger partial charge in [0.2, 0.25) is 0 Å². The number of thiazole rings is 1. The highest BCUT2D eigenvalue weighted by Gasteiger charge is 2.06. The van der Waals surface area contributed by atoms with Gasteiger partial charge in [0, 0.05) is 12.2 Å². The van der Waals surface area contributed by atoms with Crippen LogP contribution in [0.5, 0.6) is 5.19 Å². The van der Waals surface area contributed by atoms with Crippen molar-refractivity contribution in [2.75, 3.05) is 32.0 Å². The second-order valence-corrected chi connectivity index (χ2v) is 5.08. The Morgan fingerprint density at radius 3 is 2.83 bits per heavy atom. The molecule has 0 radical (unpaired) electrons. The average molecular weight is 265 g/mol. The Morgan fingerprint density at radius 2 is 2.11 bits per heavy atom. The van der Waals surface area contributed by atoms with E-state index in [2.05, 4.69) is 23.7 Å². The summed E-state index contributed by atoms with van der Waals surface area (Å²) in [5.74, 6) is 0. The summed E-state index contributed by atoms with van der Waals surface area (Å²) < 4.78 is 6.77. The Labute approximate surface area is 111 Å². The summed E-state index contributed by atoms with van der Waals surface area (Å²) in [6.45, 7) is 8.03. The molecule has 1 aromatic carbocycles. The second-order valence-electron chi connectivity index (χ2n) is 4.08. The first kappa shape index (κ1) is 13.1. The van der Waals surface area contributed by atoms with Crippen LogP contribution in [0.15, 0.2) is 18.2 Å². The quantitative estimate of drug-likeness (QED) is 0.816. The maximum Gasteiger partial charge on any atom is 0.274 e. The van der Waals surface area contributed by atoms with Crippen LogP contribution in [0.4, 0.5) is 5.69 Å². The molecule has 1 heterocycles. The maximum atomic E-state index is 5.74. The van der Waals surface area contributed by atoms with Crippen LogP contribution in [-0.4, -0.2) is 36.1 Å². The van der Waals surface area contributed by atoms with Crippen molar-refractivity contribution in [3.63, 3.8) is 0 Å². The molecule has 2 aromatic rings. The first-order chi connectivity index (χ1) is 8.72. The number of nitrogens with zero attached hydrogens (tertiary/aromatic N) is 2. The predicted molar refractivity (Wildman–Crippen MR) is 77.3 cm³/mol. The molecule has 2 N–H and O–H groups in total. The molecule has 0 bridgehead atoms. The molecule has 0 fully saturated rings. The molecule has 0 aliphatic carbocycles. The van der Waals surface area contributed by atoms with Gasteiger partial charge in [0.25, 0.3) is 5.19 Å². The molecule has 98 valence electrons. The number of anilines is 1. The normalized spacial score (nSPS) is 11.3. The van der Waals surface area contributed by atoms with Gasteiger partial charge < -0.3 is 15.4 Å². The van der Waals surface area contributed by atoms with Crippen molar-refractivity contribution in [2.24, 2.45) is 0 Å². The Hall–Kier alpha value is -1.33. The van der Waals surface area contributed by atoms with Gasteiger partial charge in [-0.2, -0.15) is 0 Å². The van der Waals surface area contributed by atoms with Crippen LogP contribution < -0.4 is 10.5 Å². The van der Waals surface area contributed by atoms with Crippen LogP contribution in [0.2, 0.25) is 0 Å². The topological polar surface area (TPSA) is 51.4 Å². The van der Waals surface area contributed by atoms with Gasteiger partial charge in [0.05, 0.1) is 10.2 Å². The fourth-order valence-corrected chi connectivity index (χ4v) is 2.67. The molecule has 0 unspecified atom stereocenters. The standard InChI is InChI=1S/C13H19N3OS/c1-3-16(4-2)7-8-17-13-15-11-6-5-10(14)9-12(11)18-13/h5-6,9H,3-4,7-8,14H2,1-2H3. The van der Waals surface area contributed by atoms with E-state index in [1.165, 1.54) is 0 Å². The van der Waals surface area contributed by atoms with Crippen LogP contribution in [0, 0.1) is 0 Å². The third-order valence-corrected chi connectivity index (χ3v) is 3.85. The van der Waals surface area contributed by atoms with Crippen LogP contribution in [0.3, 0.4) is 0 Å². The van der Waals surface area contributed by atoms with E-state index in [4.69, 9.17) is 10.5 Å². The summed E-state index contributed by atoms with van der Waals surface area (Å²) in [7, 11) is 0. The molecule has 0 aliphatic rings. The fraction of sp³-hybridized carbons (Fsp3) is 0.462. The van der Waals surface area contributed by atoms with E-state index in [0.29, 0.717) is 6.61 Å². The molecular formula is C13H19N3OS. The number of hydrogen-bond donors (Lipinski definition) is 1. The average Bonchev–Trinajstić information content (AvgIpc) is 2.76. The first-order valence-corrected chi connectivity index (χ1v) is 7.05. The number of hydrogen-bond acceptors (Lipinski definition) is 5. The third-order valence-electron chi connectivity index (χ3n) is 2.92. The zero-order valence-corrected chi connectivity index (χ0v) is 11.7. The highest BCUT2D eigenvalue weighted by Crippen LogP contribution is 2.28. The van der Waals surface area contributed by atoms with E-state index in [9.17, 15) is 0 Å². The monoisotopic (exact) mass is 265 g/mol. The molecular weight excluding hydrogens is 246 g/mol. The fourth-order valence-electron chi connectivity index (χ4n) is 1.78. The van der Waals surface area contributed by atoms with E-state index in [1.54, 1.807) is 11.3 Å². The van der Waals surface area contributed by atoms with Crippen molar-refractivity contribution in [1.29, 1.82) is 0 Å². The van der Waals surface area contributed by atoms with Crippen molar-refractivity contribution in [3.05, 3.63) is 18.2 Å². The van der Waals surface area contributed by atoms with E-state index in [0.717, 1.165) is 40.7 Å². The maximum absolute atomic E-state index is 5.74. The summed E-state index contributed by atoms with van der Waals surface area (Å²) in [5.41, 5.74) is 7.46. The lowest BCUT2D eigenvalue weighted by Crippen LogP contribution is -2.27. The lowest BCUT2D eigenvalue weighted by atomic mass is 10.3. The number of rotatable bonds is 6. The van der Waals surface area contributed by atoms with Crippen molar-refractivity contribution in [3.8, 4) is 5.19 Å². The van der Waals surface area contributed by atoms with Crippen molar-refractivity contribution < 1.29 is 4.74 Å². The summed E-state index contributed by atoms with van der Waals surface area (Å²) >= 11 is 1.55. The van der Waals surface area contributed by atoms with E-state index < -0.39 is 0 Å². The smallest absolute Gasteiger partial charge is 0.274 e. The van der Waals surface area contributed by atoms with E-state index in [-0.39, 0.29) is 0 Å². The molecule has 0 spiro atoms. The third kappa shape index (κ3) is 3.11. The van der Waals surface area contributed by atoms with Crippen LogP contribution in [0.1, 0.15) is 13.8 Å². The minimum Gasteiger partial charge on any atom is -0.469 e. The Bertz CT molecular complexity index is 508. The molecule has 0 saturated carbocycles. The van der Waals surface area contributed by atoms with E-state index >= 15 is 0 Å². The van der Waals surface area contributed by atoms with Gasteiger partial charge in [0.15, 0.2) is 0 Å². The van der Waals surface area contributed by atoms with Gasteiger partial charge in [-0.05, 0) is 31.3 Å². The number of benzene rings is 1. The highest BCUT2D eigenvalue weighted by atomic mass is 32.1. The van der Waals surface area contributed by atoms with E-state index in [1.807, 2.05) is 18.2 Å². The SMILES string of the molecule is CCN(CC)CCOc1nc2ccc(N)cc2s1. The second kappa shape index (κ2) is 6.02. The zero-order chi connectivity index (χ0) is 13.0. The van der Waals surface area contributed by atoms with Crippen molar-refractivity contribution >= 4 is 27.2 Å². The van der Waals surface area contributed by atoms with Gasteiger partial charge in [-0.25, -0.2) is 4.98 Å². The highest BCUT2D eigenvalue weighted by molar-refractivity contribution is 7.20. The summed E-state index contributed by atoms with van der Waals surface area (Å²) in [4.78, 5) is 6.75. The van der Waals surface area contributed by atoms with Crippen LogP contribution in [-0.2, 0) is 0 Å². The van der Waals surface area contributed by atoms with Crippen LogP contribution in [0.25, 0.3) is 10.2 Å². The van der Waals surface area contributed by atoms with Gasteiger partial charge in [-0.15, -0.1) is 0 Å². The lowest BCUT2D eigenvalue weighted by Gasteiger charge is -2.17. The predicted octanol–water partition coefficient (Wildman–Crippen LogP) is 2.60. The molecule has 0 atom stereocenters. The largest absolute Gasteiger partial charge is 0.469 e. The summed E-state index contributed by atoms with van der Waals surface area (Å²) in [6.07, 6.45) is 0. The molecule has 1 aromatic heterocycles. The van der Waals surface area contributed by atoms with Crippen molar-refractivity contribution in [2.45, 2.75) is 13.8 Å². The molecule has 0 amide bonds. The Balaban J connectivity index is 1.95. The minimum atomic E-state index is 0.678. The number of nitrogen functional groups attached to an aromatic ring is 1. The molecule has 4 nitrogen and oxygen atoms in total. The number of likely N-dealkylation sites (N-methyl/N-ethyl adjacent to an activating group) is 1. The molecule has 0 aliphatic heterocycles. The summed E-state index contributed by atoms with van der Waals surface area (Å²) in [6, 6.07) is 5.73. The Morgan fingerprint density at radius 1 is 1.33 bits per heavy atom. The van der Waals surface area contributed by atoms with Gasteiger partial charge in [-0.3, -0.25) is 0 Å². The zero-order valence-electron chi connectivity index (χ0n) is 10.8. The van der Waals surface area contributed by atoms with Gasteiger partial charge in [0.1, 0.15) is 6.61 Å². The lowest BCUT2D eigenvalue weighted by molar-refractivity contribution is 0.222. The number of fused-ring (bicyclic) bond motifs is 1. The first-order valence-electron chi connectivity index (χ1n) is 6.24. The van der Waals surface area contributed by atoms with Crippen molar-refractivity contribution in [1.82, 2.24) is 9.88 Å². The summed E-state index contributed by atoms with van der Waals surface area (Å²) in [5, 5.41) is 0.725.